The van der Waals surface area contributed by atoms with E-state index < -0.39 is 6.04 Å². The summed E-state index contributed by atoms with van der Waals surface area (Å²) in [5.41, 5.74) is 12.5. The number of nitrogens with two attached hydrogens (primary N) is 1. The molecule has 3 aliphatic heterocycles. The summed E-state index contributed by atoms with van der Waals surface area (Å²) >= 11 is 0. The molecule has 2 saturated heterocycles. The Bertz CT molecular complexity index is 2310. The molecule has 4 heterocycles. The maximum absolute atomic E-state index is 13.1. The van der Waals surface area contributed by atoms with Gasteiger partial charge in [0.05, 0.1) is 6.54 Å². The van der Waals surface area contributed by atoms with Crippen LogP contribution in [0.5, 0.6) is 5.75 Å². The minimum Gasteiger partial charge on any atom is -0.492 e. The van der Waals surface area contributed by atoms with Crippen molar-refractivity contribution in [3.05, 3.63) is 118 Å². The molecule has 0 radical (unpaired) electrons. The normalized spacial score (nSPS) is 17.7. The number of hydrogen-bond donors (Lipinski definition) is 3. The number of aliphatic imine (C=N–C) groups is 1. The number of amides is 4. The lowest BCUT2D eigenvalue weighted by molar-refractivity contribution is -0.136. The summed E-state index contributed by atoms with van der Waals surface area (Å²) in [6.45, 7) is 14.4. The number of anilines is 2. The summed E-state index contributed by atoms with van der Waals surface area (Å²) < 4.78 is 8.19. The Morgan fingerprint density at radius 1 is 1.02 bits per heavy atom. The van der Waals surface area contributed by atoms with Crippen LogP contribution in [0.1, 0.15) is 91.6 Å². The van der Waals surface area contributed by atoms with E-state index in [1.54, 1.807) is 11.1 Å². The Kier molecular flexibility index (Phi) is 15.4. The van der Waals surface area contributed by atoms with Gasteiger partial charge >= 0.3 is 0 Å². The van der Waals surface area contributed by atoms with Gasteiger partial charge in [-0.2, -0.15) is 0 Å². The van der Waals surface area contributed by atoms with Crippen molar-refractivity contribution in [2.75, 3.05) is 49.5 Å². The standard InChI is InChI=1S/C46H55N9O4.CH3NO/c1-6-31(2)28-47-19-18-32(3)44-51-50-42(52(44)5)29-48-37-9-7-8-35(26-37)33(4)34-10-13-39(14-11-34)59-25-24-53-20-22-54(23-21-53)38-12-15-40-36(27-38)30-55(46(40)58)41-16-17-43(56)49-45(41)57;2-1-3/h7-15,18-19,26-28,33,41,48H,6,16-17,20-25,29-30H2,1-5H3,(H,49,56,57);1H,(H2,2,3)/b31-28+,32-18+,47-19+;/t33-,41?;/m1./s1. The molecule has 4 amide bonds. The first-order valence-corrected chi connectivity index (χ1v) is 21.2. The van der Waals surface area contributed by atoms with Gasteiger partial charge < -0.3 is 30.2 Å². The molecule has 0 bridgehead atoms. The van der Waals surface area contributed by atoms with Crippen LogP contribution < -0.4 is 26.0 Å². The largest absolute Gasteiger partial charge is 0.492 e. The van der Waals surface area contributed by atoms with Crippen LogP contribution in [0.3, 0.4) is 0 Å². The van der Waals surface area contributed by atoms with Crippen molar-refractivity contribution in [3.63, 3.8) is 0 Å². The number of carbonyl (C=O) groups excluding carboxylic acids is 4. The second-order valence-corrected chi connectivity index (χ2v) is 15.8. The summed E-state index contributed by atoms with van der Waals surface area (Å²) in [7, 11) is 1.99. The van der Waals surface area contributed by atoms with Gasteiger partial charge in [0.2, 0.25) is 18.2 Å². The molecule has 0 saturated carbocycles. The number of carbonyl (C=O) groups is 4. The number of piperidine rings is 1. The topological polar surface area (TPSA) is 180 Å². The Balaban J connectivity index is 0.00000208. The van der Waals surface area contributed by atoms with E-state index >= 15 is 0 Å². The van der Waals surface area contributed by atoms with Crippen LogP contribution in [-0.2, 0) is 34.5 Å². The molecular formula is C47H58N10O5. The molecule has 4 aromatic rings. The number of aromatic nitrogens is 3. The average molecular weight is 843 g/mol. The van der Waals surface area contributed by atoms with E-state index in [4.69, 9.17) is 9.53 Å². The van der Waals surface area contributed by atoms with Gasteiger partial charge in [0, 0.05) is 88.0 Å². The van der Waals surface area contributed by atoms with E-state index in [1.165, 1.54) is 16.7 Å². The fraction of sp³-hybridized carbons (Fsp3) is 0.383. The quantitative estimate of drug-likeness (QED) is 0.0794. The molecule has 2 atom stereocenters. The van der Waals surface area contributed by atoms with E-state index in [9.17, 15) is 14.4 Å². The Morgan fingerprint density at radius 2 is 1.77 bits per heavy atom. The number of allylic oxidation sites excluding steroid dienone is 3. The molecule has 7 rings (SSSR count). The molecule has 3 aliphatic rings. The molecule has 2 fully saturated rings. The van der Waals surface area contributed by atoms with Crippen LogP contribution in [0.15, 0.2) is 89.6 Å². The van der Waals surface area contributed by atoms with E-state index in [-0.39, 0.29) is 36.5 Å². The molecule has 1 unspecified atom stereocenters. The highest BCUT2D eigenvalue weighted by Gasteiger charge is 2.39. The van der Waals surface area contributed by atoms with Gasteiger partial charge in [0.1, 0.15) is 18.4 Å². The van der Waals surface area contributed by atoms with Crippen molar-refractivity contribution in [1.82, 2.24) is 29.9 Å². The fourth-order valence-electron chi connectivity index (χ4n) is 7.77. The first-order chi connectivity index (χ1) is 30.0. The highest BCUT2D eigenvalue weighted by molar-refractivity contribution is 6.05. The van der Waals surface area contributed by atoms with Crippen LogP contribution in [0, 0.1) is 0 Å². The summed E-state index contributed by atoms with van der Waals surface area (Å²) in [5.74, 6) is 1.91. The van der Waals surface area contributed by atoms with E-state index in [1.807, 2.05) is 42.9 Å². The average Bonchev–Trinajstić information content (AvgIpc) is 3.82. The van der Waals surface area contributed by atoms with Crippen LogP contribution in [0.2, 0.25) is 0 Å². The number of nitrogens with one attached hydrogen (secondary N) is 2. The monoisotopic (exact) mass is 842 g/mol. The molecular weight excluding hydrogens is 785 g/mol. The number of ether oxygens (including phenoxy) is 1. The number of primary amides is 1. The number of rotatable bonds is 15. The Labute approximate surface area is 363 Å². The number of nitrogens with zero attached hydrogens (tertiary/aromatic N) is 7. The summed E-state index contributed by atoms with van der Waals surface area (Å²) in [5, 5.41) is 14.8. The third kappa shape index (κ3) is 11.2. The van der Waals surface area contributed by atoms with Crippen molar-refractivity contribution >= 4 is 47.3 Å². The third-order valence-corrected chi connectivity index (χ3v) is 11.7. The van der Waals surface area contributed by atoms with Gasteiger partial charge in [-0.1, -0.05) is 43.7 Å². The zero-order chi connectivity index (χ0) is 44.2. The molecule has 326 valence electrons. The highest BCUT2D eigenvalue weighted by atomic mass is 16.5. The summed E-state index contributed by atoms with van der Waals surface area (Å²) in [4.78, 5) is 56.5. The number of hydrogen-bond acceptors (Lipinski definition) is 11. The predicted molar refractivity (Wildman–Crippen MR) is 242 cm³/mol. The molecule has 0 spiro atoms. The predicted octanol–water partition coefficient (Wildman–Crippen LogP) is 5.43. The zero-order valence-corrected chi connectivity index (χ0v) is 36.3. The van der Waals surface area contributed by atoms with Gasteiger partial charge in [0.25, 0.3) is 5.91 Å². The molecule has 3 aromatic carbocycles. The van der Waals surface area contributed by atoms with Crippen molar-refractivity contribution in [3.8, 4) is 5.75 Å². The molecule has 62 heavy (non-hydrogen) atoms. The first kappa shape index (κ1) is 44.9. The van der Waals surface area contributed by atoms with Crippen molar-refractivity contribution in [2.24, 2.45) is 17.8 Å². The van der Waals surface area contributed by atoms with E-state index in [0.29, 0.717) is 31.7 Å². The number of fused-ring (bicyclic) bond motifs is 1. The fourth-order valence-corrected chi connectivity index (χ4v) is 7.77. The molecule has 4 N–H and O–H groups in total. The molecule has 15 heteroatoms. The number of piperazine rings is 1. The lowest BCUT2D eigenvalue weighted by Crippen LogP contribution is -2.52. The maximum Gasteiger partial charge on any atom is 0.255 e. The molecule has 15 nitrogen and oxygen atoms in total. The van der Waals surface area contributed by atoms with Crippen molar-refractivity contribution < 1.29 is 23.9 Å². The van der Waals surface area contributed by atoms with Crippen LogP contribution in [0.4, 0.5) is 11.4 Å². The summed E-state index contributed by atoms with van der Waals surface area (Å²) in [6.07, 6.45) is 7.49. The van der Waals surface area contributed by atoms with Crippen LogP contribution in [0.25, 0.3) is 5.57 Å². The number of benzene rings is 3. The zero-order valence-electron chi connectivity index (χ0n) is 36.3. The van der Waals surface area contributed by atoms with Crippen molar-refractivity contribution in [1.29, 1.82) is 0 Å². The Morgan fingerprint density at radius 3 is 2.50 bits per heavy atom. The maximum atomic E-state index is 13.1. The molecule has 1 aromatic heterocycles. The smallest absolute Gasteiger partial charge is 0.255 e. The molecule has 0 aliphatic carbocycles. The first-order valence-electron chi connectivity index (χ1n) is 21.2. The second kappa shape index (κ2) is 21.3. The lowest BCUT2D eigenvalue weighted by Gasteiger charge is -2.36. The highest BCUT2D eigenvalue weighted by Crippen LogP contribution is 2.31. The minimum absolute atomic E-state index is 0.143. The van der Waals surface area contributed by atoms with Crippen molar-refractivity contribution in [2.45, 2.75) is 72.0 Å². The van der Waals surface area contributed by atoms with Crippen LogP contribution in [-0.4, -0.2) is 100 Å². The van der Waals surface area contributed by atoms with Gasteiger partial charge in [-0.3, -0.25) is 34.4 Å². The Hall–Kier alpha value is -6.61. The van der Waals surface area contributed by atoms with Gasteiger partial charge in [0.15, 0.2) is 11.6 Å². The minimum atomic E-state index is -0.603. The van der Waals surface area contributed by atoms with Gasteiger partial charge in [-0.15, -0.1) is 10.2 Å². The second-order valence-electron chi connectivity index (χ2n) is 15.8. The summed E-state index contributed by atoms with van der Waals surface area (Å²) in [6, 6.07) is 22.3. The van der Waals surface area contributed by atoms with E-state index in [0.717, 1.165) is 79.1 Å². The SMILES string of the molecule is CC/C(C)=C/N=C/C=C(\C)c1nnc(CNc2cccc([C@H](C)c3ccc(OCCN4CCN(c5ccc6c(c5)CN(C5CCC(=O)NC5=O)C6=O)CC4)cc3)c2)n1C.NC=O. The van der Waals surface area contributed by atoms with E-state index in [2.05, 4.69) is 117 Å². The third-order valence-electron chi connectivity index (χ3n) is 11.7. The van der Waals surface area contributed by atoms with Gasteiger partial charge in [-0.25, -0.2) is 0 Å². The van der Waals surface area contributed by atoms with Gasteiger partial charge in [-0.05, 0) is 97.5 Å². The lowest BCUT2D eigenvalue weighted by atomic mass is 9.93. The van der Waals surface area contributed by atoms with Crippen LogP contribution >= 0.6 is 0 Å². The number of imide groups is 1.